The highest BCUT2D eigenvalue weighted by molar-refractivity contribution is 7.17. The van der Waals surface area contributed by atoms with E-state index in [4.69, 9.17) is 0 Å². The molecule has 0 spiro atoms. The average Bonchev–Trinajstić information content (AvgIpc) is 3.15. The molecule has 0 aliphatic heterocycles. The van der Waals surface area contributed by atoms with Crippen LogP contribution < -0.4 is 0 Å². The first kappa shape index (κ1) is 15.6. The fourth-order valence-electron chi connectivity index (χ4n) is 2.84. The van der Waals surface area contributed by atoms with Crippen molar-refractivity contribution >= 4 is 27.5 Å². The summed E-state index contributed by atoms with van der Waals surface area (Å²) in [4.78, 5) is 14.9. The molecule has 3 rings (SSSR count). The number of aryl methyl sites for hydroxylation is 1. The lowest BCUT2D eigenvalue weighted by Gasteiger charge is -2.22. The van der Waals surface area contributed by atoms with Crippen molar-refractivity contribution in [2.24, 2.45) is 0 Å². The Morgan fingerprint density at radius 1 is 1.30 bits per heavy atom. The first-order valence-electron chi connectivity index (χ1n) is 7.75. The van der Waals surface area contributed by atoms with E-state index in [1.54, 1.807) is 17.4 Å². The second-order valence-electron chi connectivity index (χ2n) is 5.40. The van der Waals surface area contributed by atoms with E-state index in [-0.39, 0.29) is 5.91 Å². The van der Waals surface area contributed by atoms with Crippen LogP contribution in [0.25, 0.3) is 10.2 Å². The molecule has 0 unspecified atom stereocenters. The van der Waals surface area contributed by atoms with Crippen LogP contribution in [0.2, 0.25) is 0 Å². The SMILES string of the molecule is C=CCN(Cc1ccccc1)C(=O)c1cc2sccc2n1CC. The number of carbonyl (C=O) groups excluding carboxylic acids is 1. The molecule has 0 radical (unpaired) electrons. The molecule has 0 aliphatic rings. The quantitative estimate of drug-likeness (QED) is 0.611. The molecule has 23 heavy (non-hydrogen) atoms. The number of amides is 1. The van der Waals surface area contributed by atoms with Crippen LogP contribution in [-0.4, -0.2) is 21.9 Å². The molecule has 0 N–H and O–H groups in total. The van der Waals surface area contributed by atoms with Crippen molar-refractivity contribution in [2.75, 3.05) is 6.54 Å². The molecule has 2 heterocycles. The van der Waals surface area contributed by atoms with Crippen LogP contribution in [-0.2, 0) is 13.1 Å². The lowest BCUT2D eigenvalue weighted by molar-refractivity contribution is 0.0752. The van der Waals surface area contributed by atoms with Crippen molar-refractivity contribution in [2.45, 2.75) is 20.0 Å². The molecular formula is C19H20N2OS. The van der Waals surface area contributed by atoms with E-state index < -0.39 is 0 Å². The third kappa shape index (κ3) is 3.08. The second kappa shape index (κ2) is 6.84. The van der Waals surface area contributed by atoms with E-state index in [1.165, 1.54) is 0 Å². The van der Waals surface area contributed by atoms with Gasteiger partial charge in [0.25, 0.3) is 5.91 Å². The maximum absolute atomic E-state index is 13.0. The minimum atomic E-state index is 0.0546. The van der Waals surface area contributed by atoms with Crippen molar-refractivity contribution < 1.29 is 4.79 Å². The number of rotatable bonds is 6. The van der Waals surface area contributed by atoms with Gasteiger partial charge in [0.05, 0.1) is 10.2 Å². The first-order chi connectivity index (χ1) is 11.2. The Balaban J connectivity index is 1.93. The highest BCUT2D eigenvalue weighted by Gasteiger charge is 2.20. The van der Waals surface area contributed by atoms with Crippen molar-refractivity contribution in [1.29, 1.82) is 0 Å². The van der Waals surface area contributed by atoms with Crippen LogP contribution in [0.15, 0.2) is 60.5 Å². The molecule has 0 atom stereocenters. The van der Waals surface area contributed by atoms with Gasteiger partial charge in [0, 0.05) is 19.6 Å². The first-order valence-corrected chi connectivity index (χ1v) is 8.63. The lowest BCUT2D eigenvalue weighted by atomic mass is 10.2. The van der Waals surface area contributed by atoms with E-state index in [0.29, 0.717) is 13.1 Å². The van der Waals surface area contributed by atoms with E-state index in [1.807, 2.05) is 41.3 Å². The Morgan fingerprint density at radius 3 is 2.78 bits per heavy atom. The summed E-state index contributed by atoms with van der Waals surface area (Å²) in [7, 11) is 0. The van der Waals surface area contributed by atoms with Gasteiger partial charge in [0.15, 0.2) is 0 Å². The second-order valence-corrected chi connectivity index (χ2v) is 6.35. The number of hydrogen-bond acceptors (Lipinski definition) is 2. The number of benzene rings is 1. The molecule has 3 aromatic rings. The third-order valence-corrected chi connectivity index (χ3v) is 4.76. The molecule has 0 bridgehead atoms. The van der Waals surface area contributed by atoms with Gasteiger partial charge in [-0.15, -0.1) is 17.9 Å². The Kier molecular flexibility index (Phi) is 4.63. The summed E-state index contributed by atoms with van der Waals surface area (Å²) in [5.74, 6) is 0.0546. The topological polar surface area (TPSA) is 25.2 Å². The minimum absolute atomic E-state index is 0.0546. The molecule has 1 amide bonds. The normalized spacial score (nSPS) is 10.8. The van der Waals surface area contributed by atoms with Gasteiger partial charge >= 0.3 is 0 Å². The van der Waals surface area contributed by atoms with Crippen molar-refractivity contribution in [3.8, 4) is 0 Å². The number of carbonyl (C=O) groups is 1. The van der Waals surface area contributed by atoms with Crippen LogP contribution in [0.3, 0.4) is 0 Å². The van der Waals surface area contributed by atoms with E-state index in [2.05, 4.69) is 29.5 Å². The van der Waals surface area contributed by atoms with E-state index in [0.717, 1.165) is 28.0 Å². The van der Waals surface area contributed by atoms with Gasteiger partial charge < -0.3 is 9.47 Å². The van der Waals surface area contributed by atoms with Crippen LogP contribution in [0, 0.1) is 0 Å². The molecule has 1 aromatic carbocycles. The third-order valence-electron chi connectivity index (χ3n) is 3.91. The fraction of sp³-hybridized carbons (Fsp3) is 0.211. The average molecular weight is 324 g/mol. The molecule has 0 fully saturated rings. The van der Waals surface area contributed by atoms with Gasteiger partial charge in [-0.3, -0.25) is 4.79 Å². The van der Waals surface area contributed by atoms with Gasteiger partial charge in [0.2, 0.25) is 0 Å². The van der Waals surface area contributed by atoms with E-state index >= 15 is 0 Å². The molecule has 2 aromatic heterocycles. The zero-order valence-corrected chi connectivity index (χ0v) is 14.1. The van der Waals surface area contributed by atoms with E-state index in [9.17, 15) is 4.79 Å². The Hall–Kier alpha value is -2.33. The molecule has 0 aliphatic carbocycles. The summed E-state index contributed by atoms with van der Waals surface area (Å²) < 4.78 is 3.25. The number of nitrogens with zero attached hydrogens (tertiary/aromatic N) is 2. The molecule has 0 saturated carbocycles. The summed E-state index contributed by atoms with van der Waals surface area (Å²) in [6.45, 7) is 7.78. The van der Waals surface area contributed by atoms with Gasteiger partial charge in [0.1, 0.15) is 5.69 Å². The highest BCUT2D eigenvalue weighted by Crippen LogP contribution is 2.26. The number of fused-ring (bicyclic) bond motifs is 1. The maximum atomic E-state index is 13.0. The van der Waals surface area contributed by atoms with Gasteiger partial charge in [-0.1, -0.05) is 36.4 Å². The van der Waals surface area contributed by atoms with Crippen LogP contribution in [0.1, 0.15) is 23.0 Å². The molecule has 118 valence electrons. The summed E-state index contributed by atoms with van der Waals surface area (Å²) >= 11 is 1.67. The number of thiophene rings is 1. The Bertz CT molecular complexity index is 816. The zero-order chi connectivity index (χ0) is 16.2. The van der Waals surface area contributed by atoms with Crippen molar-refractivity contribution in [3.63, 3.8) is 0 Å². The Labute approximate surface area is 140 Å². The minimum Gasteiger partial charge on any atom is -0.336 e. The van der Waals surface area contributed by atoms with Gasteiger partial charge in [-0.2, -0.15) is 0 Å². The largest absolute Gasteiger partial charge is 0.336 e. The summed E-state index contributed by atoms with van der Waals surface area (Å²) in [5.41, 5.74) is 3.02. The smallest absolute Gasteiger partial charge is 0.271 e. The van der Waals surface area contributed by atoms with Gasteiger partial charge in [-0.05, 0) is 30.0 Å². The standard InChI is InChI=1S/C19H20N2OS/c1-3-11-20(14-15-8-6-5-7-9-15)19(22)17-13-18-16(10-12-23-18)21(17)4-2/h3,5-10,12-13H,1,4,11,14H2,2H3. The Morgan fingerprint density at radius 2 is 2.09 bits per heavy atom. The summed E-state index contributed by atoms with van der Waals surface area (Å²) in [6, 6.07) is 14.1. The maximum Gasteiger partial charge on any atom is 0.271 e. The predicted molar refractivity (Wildman–Crippen MR) is 96.9 cm³/mol. The molecular weight excluding hydrogens is 304 g/mol. The van der Waals surface area contributed by atoms with Crippen molar-refractivity contribution in [3.05, 3.63) is 71.8 Å². The molecule has 3 nitrogen and oxygen atoms in total. The summed E-state index contributed by atoms with van der Waals surface area (Å²) in [6.07, 6.45) is 1.78. The zero-order valence-electron chi connectivity index (χ0n) is 13.2. The molecule has 0 saturated heterocycles. The van der Waals surface area contributed by atoms with Crippen LogP contribution in [0.4, 0.5) is 0 Å². The number of hydrogen-bond donors (Lipinski definition) is 0. The van der Waals surface area contributed by atoms with Gasteiger partial charge in [-0.25, -0.2) is 0 Å². The van der Waals surface area contributed by atoms with Crippen molar-refractivity contribution in [1.82, 2.24) is 9.47 Å². The number of aromatic nitrogens is 1. The lowest BCUT2D eigenvalue weighted by Crippen LogP contribution is -2.32. The molecule has 4 heteroatoms. The predicted octanol–water partition coefficient (Wildman–Crippen LogP) is 4.55. The monoisotopic (exact) mass is 324 g/mol. The van der Waals surface area contributed by atoms with Crippen LogP contribution >= 0.6 is 11.3 Å². The highest BCUT2D eigenvalue weighted by atomic mass is 32.1. The fourth-order valence-corrected chi connectivity index (χ4v) is 3.66. The van der Waals surface area contributed by atoms with Crippen LogP contribution in [0.5, 0.6) is 0 Å². The summed E-state index contributed by atoms with van der Waals surface area (Å²) in [5, 5.41) is 2.07.